The second-order valence-electron chi connectivity index (χ2n) is 5.22. The molecule has 1 aliphatic heterocycles. The van der Waals surface area contributed by atoms with Gasteiger partial charge < -0.3 is 14.6 Å². The topological polar surface area (TPSA) is 60.2 Å². The Labute approximate surface area is 128 Å². The number of hydrogen-bond acceptors (Lipinski definition) is 5. The van der Waals surface area contributed by atoms with Gasteiger partial charge in [-0.1, -0.05) is 28.9 Å². The molecule has 1 aliphatic rings. The number of likely N-dealkylation sites (N-methyl/N-ethyl adjacent to an activating group) is 1. The molecule has 0 spiro atoms. The molecule has 1 aromatic carbocycles. The van der Waals surface area contributed by atoms with Crippen LogP contribution in [0, 0.1) is 0 Å². The maximum absolute atomic E-state index is 5.88. The summed E-state index contributed by atoms with van der Waals surface area (Å²) in [6, 6.07) is 7.99. The van der Waals surface area contributed by atoms with Crippen molar-refractivity contribution < 1.29 is 9.26 Å². The zero-order valence-electron chi connectivity index (χ0n) is 11.9. The minimum absolute atomic E-state index is 0.121. The molecule has 3 rings (SSSR count). The lowest BCUT2D eigenvalue weighted by Crippen LogP contribution is -2.39. The van der Waals surface area contributed by atoms with Gasteiger partial charge in [0.2, 0.25) is 5.89 Å². The molecule has 6 heteroatoms. The minimum Gasteiger partial charge on any atom is -0.381 e. The van der Waals surface area contributed by atoms with E-state index in [4.69, 9.17) is 20.9 Å². The normalized spacial score (nSPS) is 22.4. The number of nitrogens with zero attached hydrogens (tertiary/aromatic N) is 2. The Morgan fingerprint density at radius 3 is 2.90 bits per heavy atom. The molecule has 2 unspecified atom stereocenters. The standard InChI is InChI=1S/C15H18ClN3O2/c1-17-13-6-7-20-9-12(13)15-18-14(19-21-15)8-10-2-4-11(16)5-3-10/h2-5,12-13,17H,6-9H2,1H3. The Kier molecular flexibility index (Phi) is 4.53. The highest BCUT2D eigenvalue weighted by Crippen LogP contribution is 2.25. The largest absolute Gasteiger partial charge is 0.381 e. The van der Waals surface area contributed by atoms with Gasteiger partial charge in [0.1, 0.15) is 0 Å². The van der Waals surface area contributed by atoms with Gasteiger partial charge in [0.15, 0.2) is 5.82 Å². The number of hydrogen-bond donors (Lipinski definition) is 1. The molecule has 1 saturated heterocycles. The predicted molar refractivity (Wildman–Crippen MR) is 79.6 cm³/mol. The number of nitrogens with one attached hydrogen (secondary N) is 1. The fourth-order valence-corrected chi connectivity index (χ4v) is 2.73. The van der Waals surface area contributed by atoms with Crippen LogP contribution in [0.5, 0.6) is 0 Å². The first-order valence-corrected chi connectivity index (χ1v) is 7.46. The number of benzene rings is 1. The van der Waals surface area contributed by atoms with Crippen LogP contribution in [0.15, 0.2) is 28.8 Å². The second kappa shape index (κ2) is 6.56. The van der Waals surface area contributed by atoms with Crippen molar-refractivity contribution in [2.45, 2.75) is 24.8 Å². The van der Waals surface area contributed by atoms with Gasteiger partial charge in [0.25, 0.3) is 0 Å². The molecule has 0 aliphatic carbocycles. The van der Waals surface area contributed by atoms with Crippen molar-refractivity contribution in [2.24, 2.45) is 0 Å². The summed E-state index contributed by atoms with van der Waals surface area (Å²) in [6.45, 7) is 1.39. The Morgan fingerprint density at radius 1 is 1.33 bits per heavy atom. The highest BCUT2D eigenvalue weighted by molar-refractivity contribution is 6.30. The maximum Gasteiger partial charge on any atom is 0.233 e. The first kappa shape index (κ1) is 14.5. The first-order valence-electron chi connectivity index (χ1n) is 7.08. The minimum atomic E-state index is 0.121. The lowest BCUT2D eigenvalue weighted by molar-refractivity contribution is 0.0516. The van der Waals surface area contributed by atoms with Gasteiger partial charge in [-0.15, -0.1) is 0 Å². The molecule has 1 N–H and O–H groups in total. The van der Waals surface area contributed by atoms with E-state index in [1.165, 1.54) is 0 Å². The zero-order valence-corrected chi connectivity index (χ0v) is 12.6. The third kappa shape index (κ3) is 3.43. The number of ether oxygens (including phenoxy) is 1. The van der Waals surface area contributed by atoms with E-state index in [2.05, 4.69) is 15.5 Å². The van der Waals surface area contributed by atoms with E-state index in [0.29, 0.717) is 30.8 Å². The van der Waals surface area contributed by atoms with Gasteiger partial charge in [-0.2, -0.15) is 4.98 Å². The highest BCUT2D eigenvalue weighted by atomic mass is 35.5. The van der Waals surface area contributed by atoms with E-state index in [-0.39, 0.29) is 5.92 Å². The summed E-state index contributed by atoms with van der Waals surface area (Å²) < 4.78 is 11.0. The van der Waals surface area contributed by atoms with Crippen LogP contribution in [-0.2, 0) is 11.2 Å². The van der Waals surface area contributed by atoms with Crippen molar-refractivity contribution in [3.8, 4) is 0 Å². The van der Waals surface area contributed by atoms with E-state index >= 15 is 0 Å². The third-order valence-corrected chi connectivity index (χ3v) is 4.06. The van der Waals surface area contributed by atoms with Gasteiger partial charge in [-0.05, 0) is 31.2 Å². The summed E-state index contributed by atoms with van der Waals surface area (Å²) in [7, 11) is 1.95. The molecule has 112 valence electrons. The number of halogens is 1. The Bertz CT molecular complexity index is 585. The third-order valence-electron chi connectivity index (χ3n) is 3.80. The van der Waals surface area contributed by atoms with Crippen LogP contribution in [0.4, 0.5) is 0 Å². The van der Waals surface area contributed by atoms with Crippen LogP contribution in [-0.4, -0.2) is 36.4 Å². The van der Waals surface area contributed by atoms with Gasteiger partial charge in [0.05, 0.1) is 12.5 Å². The predicted octanol–water partition coefficient (Wildman–Crippen LogP) is 2.41. The van der Waals surface area contributed by atoms with Crippen LogP contribution >= 0.6 is 11.6 Å². The zero-order chi connectivity index (χ0) is 14.7. The summed E-state index contributed by atoms with van der Waals surface area (Å²) >= 11 is 5.88. The molecule has 1 aromatic heterocycles. The maximum atomic E-state index is 5.88. The van der Waals surface area contributed by atoms with E-state index in [1.807, 2.05) is 31.3 Å². The summed E-state index contributed by atoms with van der Waals surface area (Å²) in [5.41, 5.74) is 1.11. The van der Waals surface area contributed by atoms with Crippen molar-refractivity contribution in [1.82, 2.24) is 15.5 Å². The summed E-state index contributed by atoms with van der Waals surface area (Å²) in [5.74, 6) is 1.46. The van der Waals surface area contributed by atoms with E-state index < -0.39 is 0 Å². The lowest BCUT2D eigenvalue weighted by atomic mass is 9.96. The molecule has 5 nitrogen and oxygen atoms in total. The van der Waals surface area contributed by atoms with Gasteiger partial charge >= 0.3 is 0 Å². The van der Waals surface area contributed by atoms with Crippen LogP contribution in [0.1, 0.15) is 29.6 Å². The molecule has 2 heterocycles. The average molecular weight is 308 g/mol. The quantitative estimate of drug-likeness (QED) is 0.940. The molecular formula is C15H18ClN3O2. The number of aromatic nitrogens is 2. The van der Waals surface area contributed by atoms with E-state index in [0.717, 1.165) is 23.6 Å². The summed E-state index contributed by atoms with van der Waals surface area (Å²) in [4.78, 5) is 4.52. The molecule has 0 bridgehead atoms. The summed E-state index contributed by atoms with van der Waals surface area (Å²) in [6.07, 6.45) is 1.59. The fourth-order valence-electron chi connectivity index (χ4n) is 2.60. The number of rotatable bonds is 4. The average Bonchev–Trinajstić information content (AvgIpc) is 2.98. The molecule has 0 amide bonds. The Morgan fingerprint density at radius 2 is 2.14 bits per heavy atom. The molecule has 1 fully saturated rings. The van der Waals surface area contributed by atoms with E-state index in [1.54, 1.807) is 0 Å². The van der Waals surface area contributed by atoms with Crippen molar-refractivity contribution >= 4 is 11.6 Å². The van der Waals surface area contributed by atoms with Crippen LogP contribution in [0.25, 0.3) is 0 Å². The molecule has 2 atom stereocenters. The second-order valence-corrected chi connectivity index (χ2v) is 5.65. The molecular weight excluding hydrogens is 290 g/mol. The SMILES string of the molecule is CNC1CCOCC1c1nc(Cc2ccc(Cl)cc2)no1. The smallest absolute Gasteiger partial charge is 0.233 e. The monoisotopic (exact) mass is 307 g/mol. The van der Waals surface area contributed by atoms with Gasteiger partial charge in [-0.25, -0.2) is 0 Å². The van der Waals surface area contributed by atoms with Gasteiger partial charge in [-0.3, -0.25) is 0 Å². The van der Waals surface area contributed by atoms with Crippen molar-refractivity contribution in [2.75, 3.05) is 20.3 Å². The van der Waals surface area contributed by atoms with E-state index in [9.17, 15) is 0 Å². The Balaban J connectivity index is 1.72. The fraction of sp³-hybridized carbons (Fsp3) is 0.467. The molecule has 2 aromatic rings. The van der Waals surface area contributed by atoms with Crippen molar-refractivity contribution in [1.29, 1.82) is 0 Å². The van der Waals surface area contributed by atoms with Crippen LogP contribution in [0.3, 0.4) is 0 Å². The Hall–Kier alpha value is -1.43. The molecule has 21 heavy (non-hydrogen) atoms. The summed E-state index contributed by atoms with van der Waals surface area (Å²) in [5, 5.41) is 8.10. The molecule has 0 radical (unpaired) electrons. The first-order chi connectivity index (χ1) is 10.3. The lowest BCUT2D eigenvalue weighted by Gasteiger charge is -2.28. The van der Waals surface area contributed by atoms with Crippen molar-refractivity contribution in [3.63, 3.8) is 0 Å². The van der Waals surface area contributed by atoms with Crippen LogP contribution in [0.2, 0.25) is 5.02 Å². The molecule has 0 saturated carbocycles. The highest BCUT2D eigenvalue weighted by Gasteiger charge is 2.30. The van der Waals surface area contributed by atoms with Gasteiger partial charge in [0, 0.05) is 24.1 Å². The van der Waals surface area contributed by atoms with Crippen molar-refractivity contribution in [3.05, 3.63) is 46.6 Å². The van der Waals surface area contributed by atoms with Crippen LogP contribution < -0.4 is 5.32 Å².